The Kier molecular flexibility index (Phi) is 2.61. The molecule has 1 aromatic carbocycles. The van der Waals surface area contributed by atoms with Gasteiger partial charge >= 0.3 is 0 Å². The fourth-order valence-electron chi connectivity index (χ4n) is 1.48. The van der Waals surface area contributed by atoms with Gasteiger partial charge in [-0.05, 0) is 18.2 Å². The third kappa shape index (κ3) is 2.00. The summed E-state index contributed by atoms with van der Waals surface area (Å²) in [6.45, 7) is 0. The number of nitrogens with zero attached hydrogens (tertiary/aromatic N) is 2. The van der Waals surface area contributed by atoms with E-state index in [4.69, 9.17) is 5.73 Å². The van der Waals surface area contributed by atoms with E-state index in [1.54, 1.807) is 12.1 Å². The van der Waals surface area contributed by atoms with Crippen LogP contribution in [0.25, 0.3) is 11.3 Å². The van der Waals surface area contributed by atoms with Crippen LogP contribution in [0.5, 0.6) is 5.75 Å². The van der Waals surface area contributed by atoms with Crippen molar-refractivity contribution in [2.75, 3.05) is 5.73 Å². The number of phenols is 1. The Morgan fingerprint density at radius 3 is 2.59 bits per heavy atom. The Morgan fingerprint density at radius 2 is 2.06 bits per heavy atom. The maximum absolute atomic E-state index is 10.5. The summed E-state index contributed by atoms with van der Waals surface area (Å²) in [5, 5.41) is 20.1. The molecule has 86 valence electrons. The van der Waals surface area contributed by atoms with Crippen molar-refractivity contribution < 1.29 is 10.0 Å². The number of hydrogen-bond acceptors (Lipinski definition) is 5. The van der Waals surface area contributed by atoms with Crippen LogP contribution in [-0.4, -0.2) is 15.0 Å². The number of phenolic OH excluding ortho intramolecular Hbond substituents is 1. The standard InChI is InChI=1S/C11H9N3O3/c12-8-2-1-3-10(15)11(8)9-5-4-7(6-13-9)14(16)17/h1-6,15H,12H2. The molecule has 0 aliphatic rings. The molecule has 0 aliphatic carbocycles. The third-order valence-corrected chi connectivity index (χ3v) is 2.29. The van der Waals surface area contributed by atoms with Gasteiger partial charge < -0.3 is 10.8 Å². The van der Waals surface area contributed by atoms with Crippen LogP contribution < -0.4 is 5.73 Å². The van der Waals surface area contributed by atoms with Crippen molar-refractivity contribution in [1.29, 1.82) is 0 Å². The molecule has 17 heavy (non-hydrogen) atoms. The zero-order valence-corrected chi connectivity index (χ0v) is 8.70. The molecular formula is C11H9N3O3. The zero-order chi connectivity index (χ0) is 12.4. The molecule has 3 N–H and O–H groups in total. The number of nitrogens with two attached hydrogens (primary N) is 1. The van der Waals surface area contributed by atoms with E-state index in [0.29, 0.717) is 16.9 Å². The SMILES string of the molecule is Nc1cccc(O)c1-c1ccc([N+](=O)[O-])cn1. The number of anilines is 1. The number of aromatic nitrogens is 1. The first kappa shape index (κ1) is 10.9. The van der Waals surface area contributed by atoms with Crippen molar-refractivity contribution >= 4 is 11.4 Å². The molecule has 0 bridgehead atoms. The second-order valence-corrected chi connectivity index (χ2v) is 3.40. The molecule has 2 rings (SSSR count). The molecule has 2 aromatic rings. The van der Waals surface area contributed by atoms with Gasteiger partial charge in [0.2, 0.25) is 0 Å². The fourth-order valence-corrected chi connectivity index (χ4v) is 1.48. The molecule has 0 saturated carbocycles. The van der Waals surface area contributed by atoms with Gasteiger partial charge in [-0.1, -0.05) is 6.07 Å². The molecule has 1 heterocycles. The molecule has 0 radical (unpaired) electrons. The Balaban J connectivity index is 2.50. The summed E-state index contributed by atoms with van der Waals surface area (Å²) < 4.78 is 0. The average molecular weight is 231 g/mol. The van der Waals surface area contributed by atoms with Crippen molar-refractivity contribution in [3.8, 4) is 17.0 Å². The van der Waals surface area contributed by atoms with Gasteiger partial charge in [0.15, 0.2) is 0 Å². The first-order valence-electron chi connectivity index (χ1n) is 4.78. The maximum Gasteiger partial charge on any atom is 0.287 e. The number of aromatic hydroxyl groups is 1. The summed E-state index contributed by atoms with van der Waals surface area (Å²) in [6, 6.07) is 7.48. The average Bonchev–Trinajstić information content (AvgIpc) is 2.29. The molecular weight excluding hydrogens is 222 g/mol. The summed E-state index contributed by atoms with van der Waals surface area (Å²) in [5.74, 6) is -0.00801. The zero-order valence-electron chi connectivity index (χ0n) is 8.70. The number of benzene rings is 1. The number of hydrogen-bond donors (Lipinski definition) is 2. The second-order valence-electron chi connectivity index (χ2n) is 3.40. The second kappa shape index (κ2) is 4.09. The molecule has 0 amide bonds. The van der Waals surface area contributed by atoms with Gasteiger partial charge in [-0.15, -0.1) is 0 Å². The highest BCUT2D eigenvalue weighted by molar-refractivity contribution is 5.79. The first-order chi connectivity index (χ1) is 8.09. The van der Waals surface area contributed by atoms with Gasteiger partial charge in [0.1, 0.15) is 11.9 Å². The topological polar surface area (TPSA) is 102 Å². The number of nitro groups is 1. The lowest BCUT2D eigenvalue weighted by Gasteiger charge is -2.06. The van der Waals surface area contributed by atoms with Crippen LogP contribution in [0.4, 0.5) is 11.4 Å². The third-order valence-electron chi connectivity index (χ3n) is 2.29. The van der Waals surface area contributed by atoms with E-state index in [9.17, 15) is 15.2 Å². The largest absolute Gasteiger partial charge is 0.507 e. The summed E-state index contributed by atoms with van der Waals surface area (Å²) in [4.78, 5) is 13.8. The maximum atomic E-state index is 10.5. The summed E-state index contributed by atoms with van der Waals surface area (Å²) in [7, 11) is 0. The van der Waals surface area contributed by atoms with Gasteiger partial charge in [0.25, 0.3) is 5.69 Å². The highest BCUT2D eigenvalue weighted by Gasteiger charge is 2.11. The summed E-state index contributed by atoms with van der Waals surface area (Å²) >= 11 is 0. The van der Waals surface area contributed by atoms with Gasteiger partial charge in [-0.2, -0.15) is 0 Å². The Bertz CT molecular complexity index is 546. The van der Waals surface area contributed by atoms with Crippen molar-refractivity contribution in [3.63, 3.8) is 0 Å². The predicted molar refractivity (Wildman–Crippen MR) is 62.4 cm³/mol. The van der Waals surface area contributed by atoms with E-state index in [1.807, 2.05) is 0 Å². The molecule has 6 nitrogen and oxygen atoms in total. The van der Waals surface area contributed by atoms with Crippen LogP contribution >= 0.6 is 0 Å². The molecule has 0 aliphatic heterocycles. The van der Waals surface area contributed by atoms with Crippen LogP contribution in [0.1, 0.15) is 0 Å². The van der Waals surface area contributed by atoms with Gasteiger partial charge in [-0.3, -0.25) is 10.1 Å². The molecule has 0 saturated heterocycles. The van der Waals surface area contributed by atoms with Crippen molar-refractivity contribution in [2.45, 2.75) is 0 Å². The quantitative estimate of drug-likeness (QED) is 0.467. The van der Waals surface area contributed by atoms with Crippen LogP contribution in [0.3, 0.4) is 0 Å². The molecule has 0 spiro atoms. The Morgan fingerprint density at radius 1 is 1.29 bits per heavy atom. The Labute approximate surface area is 96.5 Å². The highest BCUT2D eigenvalue weighted by atomic mass is 16.6. The highest BCUT2D eigenvalue weighted by Crippen LogP contribution is 2.33. The van der Waals surface area contributed by atoms with E-state index in [1.165, 1.54) is 18.2 Å². The lowest BCUT2D eigenvalue weighted by atomic mass is 10.1. The fraction of sp³-hybridized carbons (Fsp3) is 0. The van der Waals surface area contributed by atoms with E-state index in [0.717, 1.165) is 6.20 Å². The number of rotatable bonds is 2. The minimum Gasteiger partial charge on any atom is -0.507 e. The van der Waals surface area contributed by atoms with Crippen molar-refractivity contribution in [2.24, 2.45) is 0 Å². The first-order valence-corrected chi connectivity index (χ1v) is 4.78. The molecule has 0 fully saturated rings. The molecule has 0 atom stereocenters. The van der Waals surface area contributed by atoms with E-state index in [-0.39, 0.29) is 11.4 Å². The summed E-state index contributed by atoms with van der Waals surface area (Å²) in [5.41, 5.74) is 6.75. The van der Waals surface area contributed by atoms with Gasteiger partial charge in [-0.25, -0.2) is 4.98 Å². The van der Waals surface area contributed by atoms with E-state index >= 15 is 0 Å². The van der Waals surface area contributed by atoms with Crippen LogP contribution in [0.15, 0.2) is 36.5 Å². The predicted octanol–water partition coefficient (Wildman–Crippen LogP) is 1.94. The number of nitrogen functional groups attached to an aromatic ring is 1. The summed E-state index contributed by atoms with van der Waals surface area (Å²) in [6.07, 6.45) is 1.13. The number of pyridine rings is 1. The Hall–Kier alpha value is -2.63. The lowest BCUT2D eigenvalue weighted by Crippen LogP contribution is -1.94. The van der Waals surface area contributed by atoms with Crippen LogP contribution in [0.2, 0.25) is 0 Å². The lowest BCUT2D eigenvalue weighted by molar-refractivity contribution is -0.385. The van der Waals surface area contributed by atoms with Crippen LogP contribution in [-0.2, 0) is 0 Å². The smallest absolute Gasteiger partial charge is 0.287 e. The van der Waals surface area contributed by atoms with Gasteiger partial charge in [0, 0.05) is 11.8 Å². The minimum absolute atomic E-state index is 0.00801. The van der Waals surface area contributed by atoms with E-state index < -0.39 is 4.92 Å². The van der Waals surface area contributed by atoms with Crippen LogP contribution in [0, 0.1) is 10.1 Å². The molecule has 6 heteroatoms. The minimum atomic E-state index is -0.537. The van der Waals surface area contributed by atoms with Crippen molar-refractivity contribution in [1.82, 2.24) is 4.98 Å². The monoisotopic (exact) mass is 231 g/mol. The molecule has 0 unspecified atom stereocenters. The van der Waals surface area contributed by atoms with E-state index in [2.05, 4.69) is 4.98 Å². The van der Waals surface area contributed by atoms with Crippen molar-refractivity contribution in [3.05, 3.63) is 46.6 Å². The normalized spacial score (nSPS) is 10.1. The molecule has 1 aromatic heterocycles. The van der Waals surface area contributed by atoms with Gasteiger partial charge in [0.05, 0.1) is 16.2 Å².